The third kappa shape index (κ3) is 4.25. The zero-order valence-electron chi connectivity index (χ0n) is 16.1. The molecule has 0 amide bonds. The van der Waals surface area contributed by atoms with E-state index in [1.165, 1.54) is 37.9 Å². The van der Waals surface area contributed by atoms with Crippen LogP contribution in [0.2, 0.25) is 38.3 Å². The second-order valence-corrected chi connectivity index (χ2v) is 19.3. The van der Waals surface area contributed by atoms with Gasteiger partial charge in [0.1, 0.15) is 16.5 Å². The summed E-state index contributed by atoms with van der Waals surface area (Å²) in [4.78, 5) is 0. The van der Waals surface area contributed by atoms with Crippen molar-refractivity contribution in [3.05, 3.63) is 0 Å². The summed E-state index contributed by atoms with van der Waals surface area (Å²) >= 11 is 0. The van der Waals surface area contributed by atoms with Crippen molar-refractivity contribution in [3.63, 3.8) is 0 Å². The van der Waals surface area contributed by atoms with Crippen LogP contribution in [0.3, 0.4) is 0 Å². The highest BCUT2D eigenvalue weighted by Gasteiger charge is 2.46. The van der Waals surface area contributed by atoms with E-state index in [0.29, 0.717) is 6.10 Å². The Morgan fingerprint density at radius 3 is 2.18 bits per heavy atom. The van der Waals surface area contributed by atoms with Gasteiger partial charge in [-0.3, -0.25) is 0 Å². The predicted octanol–water partition coefficient (Wildman–Crippen LogP) is 5.19. The van der Waals surface area contributed by atoms with E-state index in [1.54, 1.807) is 0 Å². The first-order chi connectivity index (χ1) is 10.1. The van der Waals surface area contributed by atoms with Gasteiger partial charge in [-0.25, -0.2) is 0 Å². The minimum Gasteiger partial charge on any atom is -0.377 e. The highest BCUT2D eigenvalue weighted by molar-refractivity contribution is 6.95. The molecule has 2 rings (SSSR count). The summed E-state index contributed by atoms with van der Waals surface area (Å²) in [7, 11) is -2.26. The summed E-state index contributed by atoms with van der Waals surface area (Å²) in [6.45, 7) is 19.6. The normalized spacial score (nSPS) is 35.2. The molecule has 1 saturated heterocycles. The highest BCUT2D eigenvalue weighted by Crippen LogP contribution is 2.37. The van der Waals surface area contributed by atoms with Crippen LogP contribution >= 0.6 is 0 Å². The van der Waals surface area contributed by atoms with Crippen LogP contribution in [-0.2, 0) is 4.74 Å². The second kappa shape index (κ2) is 7.08. The molecule has 2 aliphatic rings. The number of hydrogen-bond acceptors (Lipinski definition) is 2. The second-order valence-electron chi connectivity index (χ2n) is 9.51. The number of rotatable bonds is 5. The number of hydrogen-bond donors (Lipinski definition) is 0. The quantitative estimate of drug-likeness (QED) is 0.638. The van der Waals surface area contributed by atoms with Crippen molar-refractivity contribution in [3.8, 4) is 0 Å². The molecule has 1 heterocycles. The molecule has 1 aliphatic heterocycles. The average molecular weight is 342 g/mol. The topological polar surface area (TPSA) is 12.5 Å². The van der Waals surface area contributed by atoms with Gasteiger partial charge in [0.25, 0.3) is 0 Å². The standard InChI is InChI=1S/C18H39NOSi2/c1-15(2)17-9-8-16(3)14-18(17)20-11-10-19-21(4,5)12-13-22(19,6)7/h15-18H,8-14H2,1-7H3. The summed E-state index contributed by atoms with van der Waals surface area (Å²) in [6.07, 6.45) is 4.56. The lowest BCUT2D eigenvalue weighted by Gasteiger charge is -2.41. The molecule has 130 valence electrons. The fourth-order valence-corrected chi connectivity index (χ4v) is 19.0. The summed E-state index contributed by atoms with van der Waals surface area (Å²) in [5, 5.41) is 0. The van der Waals surface area contributed by atoms with Crippen molar-refractivity contribution >= 4 is 16.5 Å². The molecule has 4 heteroatoms. The van der Waals surface area contributed by atoms with Gasteiger partial charge in [-0.15, -0.1) is 0 Å². The number of nitrogens with zero attached hydrogens (tertiary/aromatic N) is 1. The average Bonchev–Trinajstić information content (AvgIpc) is 2.61. The Morgan fingerprint density at radius 1 is 1.05 bits per heavy atom. The van der Waals surface area contributed by atoms with Crippen LogP contribution in [0.1, 0.15) is 40.0 Å². The Hall–Kier alpha value is 0.354. The summed E-state index contributed by atoms with van der Waals surface area (Å²) in [5.74, 6) is 2.40. The molecule has 0 aromatic carbocycles. The minimum atomic E-state index is -1.13. The van der Waals surface area contributed by atoms with Gasteiger partial charge < -0.3 is 8.97 Å². The molecule has 0 aromatic rings. The number of ether oxygens (including phenoxy) is 1. The van der Waals surface area contributed by atoms with Gasteiger partial charge in [0.15, 0.2) is 0 Å². The first kappa shape index (κ1) is 18.7. The lowest BCUT2D eigenvalue weighted by atomic mass is 9.75. The lowest BCUT2D eigenvalue weighted by molar-refractivity contribution is -0.0385. The molecule has 0 N–H and O–H groups in total. The third-order valence-corrected chi connectivity index (χ3v) is 16.9. The van der Waals surface area contributed by atoms with Gasteiger partial charge in [0.2, 0.25) is 0 Å². The van der Waals surface area contributed by atoms with Crippen LogP contribution < -0.4 is 0 Å². The van der Waals surface area contributed by atoms with Gasteiger partial charge >= 0.3 is 0 Å². The van der Waals surface area contributed by atoms with Gasteiger partial charge in [0.05, 0.1) is 12.7 Å². The van der Waals surface area contributed by atoms with E-state index < -0.39 is 16.5 Å². The summed E-state index contributed by atoms with van der Waals surface area (Å²) < 4.78 is 9.43. The molecule has 0 spiro atoms. The molecule has 22 heavy (non-hydrogen) atoms. The van der Waals surface area contributed by atoms with Crippen molar-refractivity contribution < 1.29 is 4.74 Å². The fourth-order valence-electron chi connectivity index (χ4n) is 4.91. The largest absolute Gasteiger partial charge is 0.377 e. The minimum absolute atomic E-state index is 0.515. The maximum Gasteiger partial charge on any atom is 0.115 e. The monoisotopic (exact) mass is 341 g/mol. The highest BCUT2D eigenvalue weighted by atomic mass is 28.4. The molecule has 2 fully saturated rings. The molecule has 3 atom stereocenters. The van der Waals surface area contributed by atoms with Gasteiger partial charge in [-0.05, 0) is 42.7 Å². The van der Waals surface area contributed by atoms with E-state index in [9.17, 15) is 0 Å². The zero-order chi connectivity index (χ0) is 16.5. The Kier molecular flexibility index (Phi) is 6.01. The van der Waals surface area contributed by atoms with E-state index in [1.807, 2.05) is 0 Å². The molecular formula is C18H39NOSi2. The van der Waals surface area contributed by atoms with E-state index >= 15 is 0 Å². The van der Waals surface area contributed by atoms with Crippen molar-refractivity contribution in [2.45, 2.75) is 84.4 Å². The van der Waals surface area contributed by atoms with Crippen molar-refractivity contribution in [2.24, 2.45) is 17.8 Å². The molecule has 0 radical (unpaired) electrons. The van der Waals surface area contributed by atoms with Crippen LogP contribution in [0.25, 0.3) is 0 Å². The van der Waals surface area contributed by atoms with Crippen molar-refractivity contribution in [1.82, 2.24) is 4.23 Å². The maximum atomic E-state index is 6.48. The van der Waals surface area contributed by atoms with Crippen molar-refractivity contribution in [1.29, 1.82) is 0 Å². The van der Waals surface area contributed by atoms with E-state index in [2.05, 4.69) is 51.2 Å². The first-order valence-corrected chi connectivity index (χ1v) is 15.8. The molecule has 1 saturated carbocycles. The van der Waals surface area contributed by atoms with E-state index in [4.69, 9.17) is 4.74 Å². The Bertz CT molecular complexity index is 354. The third-order valence-electron chi connectivity index (χ3n) is 6.42. The Morgan fingerprint density at radius 2 is 1.64 bits per heavy atom. The smallest absolute Gasteiger partial charge is 0.115 e. The molecule has 2 nitrogen and oxygen atoms in total. The predicted molar refractivity (Wildman–Crippen MR) is 102 cm³/mol. The van der Waals surface area contributed by atoms with Crippen LogP contribution in [-0.4, -0.2) is 40.0 Å². The van der Waals surface area contributed by atoms with Gasteiger partial charge in [0, 0.05) is 6.54 Å². The zero-order valence-corrected chi connectivity index (χ0v) is 18.1. The Balaban J connectivity index is 1.89. The fraction of sp³-hybridized carbons (Fsp3) is 1.00. The van der Waals surface area contributed by atoms with Crippen LogP contribution in [0, 0.1) is 17.8 Å². The van der Waals surface area contributed by atoms with Gasteiger partial charge in [-0.2, -0.15) is 0 Å². The molecule has 0 bridgehead atoms. The van der Waals surface area contributed by atoms with Crippen molar-refractivity contribution in [2.75, 3.05) is 13.2 Å². The summed E-state index contributed by atoms with van der Waals surface area (Å²) in [5.41, 5.74) is 0. The summed E-state index contributed by atoms with van der Waals surface area (Å²) in [6, 6.07) is 3.00. The maximum absolute atomic E-state index is 6.48. The molecule has 3 unspecified atom stereocenters. The van der Waals surface area contributed by atoms with E-state index in [0.717, 1.165) is 24.4 Å². The Labute approximate surface area is 141 Å². The molecule has 0 aromatic heterocycles. The van der Waals surface area contributed by atoms with Gasteiger partial charge in [-0.1, -0.05) is 53.4 Å². The SMILES string of the molecule is CC1CCC(C(C)C)C(OCCN2[Si](C)(C)CC[Si]2(C)C)C1. The lowest BCUT2D eigenvalue weighted by Crippen LogP contribution is -2.56. The van der Waals surface area contributed by atoms with Crippen LogP contribution in [0.4, 0.5) is 0 Å². The van der Waals surface area contributed by atoms with Crippen LogP contribution in [0.5, 0.6) is 0 Å². The first-order valence-electron chi connectivity index (χ1n) is 9.53. The van der Waals surface area contributed by atoms with E-state index in [-0.39, 0.29) is 0 Å². The molecule has 1 aliphatic carbocycles. The molecular weight excluding hydrogens is 302 g/mol. The van der Waals surface area contributed by atoms with Crippen LogP contribution in [0.15, 0.2) is 0 Å².